The second kappa shape index (κ2) is 7.81. The zero-order valence-electron chi connectivity index (χ0n) is 15.0. The van der Waals surface area contributed by atoms with E-state index in [1.54, 1.807) is 0 Å². The monoisotopic (exact) mass is 433 g/mol. The first-order valence-electron chi connectivity index (χ1n) is 8.49. The molecule has 0 aliphatic carbocycles. The third kappa shape index (κ3) is 4.71. The van der Waals surface area contributed by atoms with Gasteiger partial charge in [0.05, 0.1) is 21.8 Å². The average molecular weight is 434 g/mol. The maximum absolute atomic E-state index is 13.2. The molecule has 0 saturated carbocycles. The summed E-state index contributed by atoms with van der Waals surface area (Å²) >= 11 is 5.78. The minimum Gasteiger partial charge on any atom is -0.367 e. The molecule has 3 rings (SSSR count). The fourth-order valence-electron chi connectivity index (χ4n) is 2.93. The lowest BCUT2D eigenvalue weighted by Crippen LogP contribution is -2.44. The molecule has 0 radical (unpaired) electrons. The van der Waals surface area contributed by atoms with Crippen molar-refractivity contribution in [3.63, 3.8) is 0 Å². The van der Waals surface area contributed by atoms with Crippen LogP contribution in [0.5, 0.6) is 0 Å². The van der Waals surface area contributed by atoms with Crippen molar-refractivity contribution in [2.24, 2.45) is 0 Å². The number of hydrogen-bond donors (Lipinski definition) is 1. The van der Waals surface area contributed by atoms with Gasteiger partial charge in [0.1, 0.15) is 0 Å². The first-order valence-corrected chi connectivity index (χ1v) is 10.4. The number of rotatable bonds is 4. The third-order valence-electron chi connectivity index (χ3n) is 4.54. The van der Waals surface area contributed by atoms with E-state index in [1.807, 2.05) is 11.9 Å². The largest absolute Gasteiger partial charge is 0.416 e. The van der Waals surface area contributed by atoms with Crippen molar-refractivity contribution in [3.05, 3.63) is 53.1 Å². The summed E-state index contributed by atoms with van der Waals surface area (Å²) in [5.74, 6) is 0. The molecule has 1 aliphatic rings. The topological polar surface area (TPSA) is 52.6 Å². The van der Waals surface area contributed by atoms with E-state index in [-0.39, 0.29) is 10.6 Å². The molecule has 1 heterocycles. The van der Waals surface area contributed by atoms with Crippen LogP contribution in [-0.2, 0) is 16.2 Å². The molecule has 0 spiro atoms. The van der Waals surface area contributed by atoms with Gasteiger partial charge in [-0.2, -0.15) is 13.2 Å². The molecule has 152 valence electrons. The highest BCUT2D eigenvalue weighted by molar-refractivity contribution is 7.92. The summed E-state index contributed by atoms with van der Waals surface area (Å²) in [6.07, 6.45) is -4.58. The molecule has 0 bridgehead atoms. The van der Waals surface area contributed by atoms with Crippen molar-refractivity contribution in [2.75, 3.05) is 42.8 Å². The Morgan fingerprint density at radius 1 is 1.00 bits per heavy atom. The molecule has 2 aromatic carbocycles. The molecule has 1 fully saturated rings. The minimum atomic E-state index is -4.58. The number of hydrogen-bond acceptors (Lipinski definition) is 4. The van der Waals surface area contributed by atoms with Crippen molar-refractivity contribution in [1.29, 1.82) is 0 Å². The fourth-order valence-corrected chi connectivity index (χ4v) is 4.13. The number of alkyl halides is 3. The van der Waals surface area contributed by atoms with Crippen molar-refractivity contribution < 1.29 is 21.6 Å². The molecule has 5 nitrogen and oxygen atoms in total. The molecule has 1 N–H and O–H groups in total. The van der Waals surface area contributed by atoms with Crippen molar-refractivity contribution in [1.82, 2.24) is 4.90 Å². The van der Waals surface area contributed by atoms with E-state index in [0.29, 0.717) is 23.8 Å². The quantitative estimate of drug-likeness (QED) is 0.794. The van der Waals surface area contributed by atoms with Gasteiger partial charge in [-0.3, -0.25) is 4.72 Å². The lowest BCUT2D eigenvalue weighted by molar-refractivity contribution is -0.137. The van der Waals surface area contributed by atoms with E-state index in [1.165, 1.54) is 30.3 Å². The van der Waals surface area contributed by atoms with Crippen molar-refractivity contribution in [3.8, 4) is 0 Å². The smallest absolute Gasteiger partial charge is 0.367 e. The average Bonchev–Trinajstić information content (AvgIpc) is 2.62. The lowest BCUT2D eigenvalue weighted by Gasteiger charge is -2.35. The zero-order valence-corrected chi connectivity index (χ0v) is 16.6. The molecule has 0 aromatic heterocycles. The van der Waals surface area contributed by atoms with Crippen LogP contribution >= 0.6 is 11.6 Å². The van der Waals surface area contributed by atoms with Crippen LogP contribution in [0.25, 0.3) is 0 Å². The van der Waals surface area contributed by atoms with Gasteiger partial charge in [0.25, 0.3) is 10.0 Å². The predicted octanol–water partition coefficient (Wildman–Crippen LogP) is 3.91. The SMILES string of the molecule is CN1CCN(c2ccc(C(F)(F)F)cc2NS(=O)(=O)c2ccc(Cl)cc2)CC1. The second-order valence-corrected chi connectivity index (χ2v) is 8.70. The molecule has 0 amide bonds. The molecule has 2 aromatic rings. The van der Waals surface area contributed by atoms with Gasteiger partial charge in [-0.05, 0) is 49.5 Å². The lowest BCUT2D eigenvalue weighted by atomic mass is 10.1. The van der Waals surface area contributed by atoms with Gasteiger partial charge in [-0.25, -0.2) is 8.42 Å². The molecule has 0 atom stereocenters. The number of nitrogens with zero attached hydrogens (tertiary/aromatic N) is 2. The third-order valence-corrected chi connectivity index (χ3v) is 6.17. The van der Waals surface area contributed by atoms with Crippen molar-refractivity contribution in [2.45, 2.75) is 11.1 Å². The standard InChI is InChI=1S/C18H19ClF3N3O2S/c1-24-8-10-25(11-9-24)17-7-2-13(18(20,21)22)12-16(17)23-28(26,27)15-5-3-14(19)4-6-15/h2-7,12,23H,8-11H2,1H3. The molecule has 28 heavy (non-hydrogen) atoms. The summed E-state index contributed by atoms with van der Waals surface area (Å²) in [4.78, 5) is 3.89. The van der Waals surface area contributed by atoms with Gasteiger partial charge in [0.15, 0.2) is 0 Å². The van der Waals surface area contributed by atoms with Crippen LogP contribution < -0.4 is 9.62 Å². The van der Waals surface area contributed by atoms with Crippen LogP contribution in [0.1, 0.15) is 5.56 Å². The van der Waals surface area contributed by atoms with Gasteiger partial charge in [-0.15, -0.1) is 0 Å². The van der Waals surface area contributed by atoms with Crippen LogP contribution in [0.3, 0.4) is 0 Å². The van der Waals surface area contributed by atoms with E-state index in [0.717, 1.165) is 25.2 Å². The molecular weight excluding hydrogens is 415 g/mol. The molecule has 0 unspecified atom stereocenters. The Balaban J connectivity index is 1.99. The van der Waals surface area contributed by atoms with Gasteiger partial charge in [0.2, 0.25) is 0 Å². The summed E-state index contributed by atoms with van der Waals surface area (Å²) in [5.41, 5.74) is -0.604. The van der Waals surface area contributed by atoms with E-state index < -0.39 is 21.8 Å². The number of benzene rings is 2. The Hall–Kier alpha value is -1.97. The Kier molecular flexibility index (Phi) is 5.79. The highest BCUT2D eigenvalue weighted by atomic mass is 35.5. The van der Waals surface area contributed by atoms with Gasteiger partial charge in [0, 0.05) is 31.2 Å². The molecule has 1 saturated heterocycles. The number of halogens is 4. The first kappa shape index (κ1) is 20.8. The summed E-state index contributed by atoms with van der Waals surface area (Å²) < 4.78 is 67.3. The second-order valence-electron chi connectivity index (χ2n) is 6.58. The highest BCUT2D eigenvalue weighted by Crippen LogP contribution is 2.36. The summed E-state index contributed by atoms with van der Waals surface area (Å²) in [6.45, 7) is 2.61. The van der Waals surface area contributed by atoms with Gasteiger partial charge in [-0.1, -0.05) is 11.6 Å². The summed E-state index contributed by atoms with van der Waals surface area (Å²) in [6, 6.07) is 8.53. The highest BCUT2D eigenvalue weighted by Gasteiger charge is 2.32. The predicted molar refractivity (Wildman–Crippen MR) is 103 cm³/mol. The van der Waals surface area contributed by atoms with Crippen LogP contribution in [0.15, 0.2) is 47.4 Å². The van der Waals surface area contributed by atoms with Crippen LogP contribution in [0, 0.1) is 0 Å². The van der Waals surface area contributed by atoms with Crippen LogP contribution in [0.2, 0.25) is 5.02 Å². The number of nitrogens with one attached hydrogen (secondary N) is 1. The molecule has 1 aliphatic heterocycles. The first-order chi connectivity index (χ1) is 13.1. The Bertz CT molecular complexity index is 942. The number of likely N-dealkylation sites (N-methyl/N-ethyl adjacent to an activating group) is 1. The van der Waals surface area contributed by atoms with Gasteiger partial charge >= 0.3 is 6.18 Å². The van der Waals surface area contributed by atoms with Crippen LogP contribution in [-0.4, -0.2) is 46.5 Å². The molecular formula is C18H19ClF3N3O2S. The van der Waals surface area contributed by atoms with E-state index in [9.17, 15) is 21.6 Å². The number of piperazine rings is 1. The fraction of sp³-hybridized carbons (Fsp3) is 0.333. The van der Waals surface area contributed by atoms with E-state index in [4.69, 9.17) is 11.6 Å². The van der Waals surface area contributed by atoms with Gasteiger partial charge < -0.3 is 9.80 Å². The summed E-state index contributed by atoms with van der Waals surface area (Å²) in [7, 11) is -2.12. The number of sulfonamides is 1. The minimum absolute atomic E-state index is 0.0846. The normalized spacial score (nSPS) is 16.2. The van der Waals surface area contributed by atoms with E-state index >= 15 is 0 Å². The van der Waals surface area contributed by atoms with E-state index in [2.05, 4.69) is 9.62 Å². The maximum atomic E-state index is 13.2. The Morgan fingerprint density at radius 2 is 1.61 bits per heavy atom. The van der Waals surface area contributed by atoms with Crippen LogP contribution in [0.4, 0.5) is 24.5 Å². The molecule has 10 heteroatoms. The van der Waals surface area contributed by atoms with Crippen molar-refractivity contribution >= 4 is 33.0 Å². The summed E-state index contributed by atoms with van der Waals surface area (Å²) in [5, 5.41) is 0.358. The maximum Gasteiger partial charge on any atom is 0.416 e. The zero-order chi connectivity index (χ0) is 20.5. The number of anilines is 2. The Morgan fingerprint density at radius 3 is 2.18 bits per heavy atom. The Labute approximate surface area is 166 Å².